The van der Waals surface area contributed by atoms with Crippen molar-refractivity contribution in [3.05, 3.63) is 12.3 Å². The Labute approximate surface area is 98.2 Å². The molecule has 1 fully saturated rings. The fourth-order valence-corrected chi connectivity index (χ4v) is 2.44. The molecule has 3 heteroatoms. The number of hydrogen-bond donors (Lipinski definition) is 1. The summed E-state index contributed by atoms with van der Waals surface area (Å²) in [6.07, 6.45) is 7.51. The molecule has 0 amide bonds. The average Bonchev–Trinajstić information content (AvgIpc) is 2.84. The summed E-state index contributed by atoms with van der Waals surface area (Å²) in [4.78, 5) is 0. The van der Waals surface area contributed by atoms with E-state index >= 15 is 0 Å². The van der Waals surface area contributed by atoms with E-state index < -0.39 is 0 Å². The third-order valence-electron chi connectivity index (χ3n) is 3.30. The van der Waals surface area contributed by atoms with Gasteiger partial charge in [-0.25, -0.2) is 4.68 Å². The van der Waals surface area contributed by atoms with Gasteiger partial charge in [-0.15, -0.1) is 0 Å². The Morgan fingerprint density at radius 1 is 1.44 bits per heavy atom. The summed E-state index contributed by atoms with van der Waals surface area (Å²) in [5.41, 5.74) is 0. The van der Waals surface area contributed by atoms with Crippen molar-refractivity contribution in [2.24, 2.45) is 11.8 Å². The zero-order chi connectivity index (χ0) is 11.4. The Hall–Kier alpha value is -0.990. The predicted octanol–water partition coefficient (Wildman–Crippen LogP) is 3.14. The van der Waals surface area contributed by atoms with Crippen LogP contribution in [0.1, 0.15) is 39.5 Å². The topological polar surface area (TPSA) is 29.9 Å². The van der Waals surface area contributed by atoms with Crippen molar-refractivity contribution in [2.75, 3.05) is 11.9 Å². The van der Waals surface area contributed by atoms with Crippen LogP contribution >= 0.6 is 0 Å². The summed E-state index contributed by atoms with van der Waals surface area (Å²) in [6, 6.07) is 2.08. The van der Waals surface area contributed by atoms with Gasteiger partial charge in [-0.3, -0.25) is 0 Å². The van der Waals surface area contributed by atoms with Gasteiger partial charge >= 0.3 is 0 Å². The van der Waals surface area contributed by atoms with E-state index in [9.17, 15) is 0 Å². The zero-order valence-electron chi connectivity index (χ0n) is 10.4. The van der Waals surface area contributed by atoms with Gasteiger partial charge in [0.25, 0.3) is 0 Å². The van der Waals surface area contributed by atoms with Gasteiger partial charge in [0.15, 0.2) is 0 Å². The maximum atomic E-state index is 4.36. The van der Waals surface area contributed by atoms with Crippen LogP contribution in [0.15, 0.2) is 12.3 Å². The third kappa shape index (κ3) is 3.00. The lowest BCUT2D eigenvalue weighted by Crippen LogP contribution is -2.16. The second-order valence-corrected chi connectivity index (χ2v) is 5.32. The molecule has 2 rings (SSSR count). The quantitative estimate of drug-likeness (QED) is 0.827. The van der Waals surface area contributed by atoms with Crippen LogP contribution in [-0.4, -0.2) is 16.3 Å². The first kappa shape index (κ1) is 11.5. The van der Waals surface area contributed by atoms with Crippen LogP contribution in [0.2, 0.25) is 0 Å². The summed E-state index contributed by atoms with van der Waals surface area (Å²) in [5, 5.41) is 7.90. The monoisotopic (exact) mass is 221 g/mol. The third-order valence-corrected chi connectivity index (χ3v) is 3.30. The number of hydrogen-bond acceptors (Lipinski definition) is 2. The molecule has 16 heavy (non-hydrogen) atoms. The average molecular weight is 221 g/mol. The first-order valence-electron chi connectivity index (χ1n) is 6.51. The molecule has 0 bridgehead atoms. The second-order valence-electron chi connectivity index (χ2n) is 5.32. The summed E-state index contributed by atoms with van der Waals surface area (Å²) >= 11 is 0. The van der Waals surface area contributed by atoms with Gasteiger partial charge in [0.1, 0.15) is 5.82 Å². The van der Waals surface area contributed by atoms with Crippen molar-refractivity contribution in [1.82, 2.24) is 9.78 Å². The molecule has 1 heterocycles. The molecule has 0 spiro atoms. The lowest BCUT2D eigenvalue weighted by molar-refractivity contribution is 0.484. The van der Waals surface area contributed by atoms with E-state index in [1.165, 1.54) is 31.5 Å². The van der Waals surface area contributed by atoms with Crippen LogP contribution in [0.3, 0.4) is 0 Å². The van der Waals surface area contributed by atoms with Gasteiger partial charge in [0.2, 0.25) is 0 Å². The highest BCUT2D eigenvalue weighted by Crippen LogP contribution is 2.24. The number of aromatic nitrogens is 2. The van der Waals surface area contributed by atoms with Crippen molar-refractivity contribution in [2.45, 2.75) is 46.1 Å². The van der Waals surface area contributed by atoms with E-state index in [4.69, 9.17) is 0 Å². The molecule has 1 N–H and O–H groups in total. The summed E-state index contributed by atoms with van der Waals surface area (Å²) < 4.78 is 2.08. The van der Waals surface area contributed by atoms with Gasteiger partial charge in [0.05, 0.1) is 6.20 Å². The molecule has 1 saturated carbocycles. The standard InChI is InChI=1S/C13H23N3/c1-11(2)10-16-13(7-8-15-16)14-9-12-5-3-4-6-12/h7-8,11-12,14H,3-6,9-10H2,1-2H3. The van der Waals surface area contributed by atoms with Crippen LogP contribution in [-0.2, 0) is 6.54 Å². The van der Waals surface area contributed by atoms with Crippen molar-refractivity contribution in [1.29, 1.82) is 0 Å². The molecule has 90 valence electrons. The molecule has 3 nitrogen and oxygen atoms in total. The first-order valence-corrected chi connectivity index (χ1v) is 6.51. The molecule has 1 aromatic rings. The van der Waals surface area contributed by atoms with Gasteiger partial charge in [-0.2, -0.15) is 5.10 Å². The van der Waals surface area contributed by atoms with Gasteiger partial charge in [0, 0.05) is 19.2 Å². The SMILES string of the molecule is CC(C)Cn1nccc1NCC1CCCC1. The van der Waals surface area contributed by atoms with Crippen molar-refractivity contribution >= 4 is 5.82 Å². The summed E-state index contributed by atoms with van der Waals surface area (Å²) in [5.74, 6) is 2.70. The number of rotatable bonds is 5. The Bertz CT molecular complexity index is 311. The minimum absolute atomic E-state index is 0.645. The molecule has 0 radical (unpaired) electrons. The van der Waals surface area contributed by atoms with Crippen molar-refractivity contribution < 1.29 is 0 Å². The highest BCUT2D eigenvalue weighted by atomic mass is 15.3. The lowest BCUT2D eigenvalue weighted by Gasteiger charge is -2.14. The molecule has 1 aliphatic rings. The van der Waals surface area contributed by atoms with Crippen LogP contribution in [0.4, 0.5) is 5.82 Å². The van der Waals surface area contributed by atoms with E-state index in [0.29, 0.717) is 5.92 Å². The van der Waals surface area contributed by atoms with Crippen LogP contribution in [0.25, 0.3) is 0 Å². The Balaban J connectivity index is 1.85. The maximum absolute atomic E-state index is 4.36. The van der Waals surface area contributed by atoms with Crippen molar-refractivity contribution in [3.8, 4) is 0 Å². The van der Waals surface area contributed by atoms with Crippen LogP contribution < -0.4 is 5.32 Å². The fourth-order valence-electron chi connectivity index (χ4n) is 2.44. The van der Waals surface area contributed by atoms with E-state index in [1.54, 1.807) is 0 Å². The molecule has 0 saturated heterocycles. The van der Waals surface area contributed by atoms with Crippen LogP contribution in [0, 0.1) is 11.8 Å². The molecule has 0 aromatic carbocycles. The number of nitrogens with zero attached hydrogens (tertiary/aromatic N) is 2. The second kappa shape index (κ2) is 5.37. The molecule has 0 aliphatic heterocycles. The fraction of sp³-hybridized carbons (Fsp3) is 0.769. The van der Waals surface area contributed by atoms with E-state index in [-0.39, 0.29) is 0 Å². The molecular weight excluding hydrogens is 198 g/mol. The van der Waals surface area contributed by atoms with Crippen molar-refractivity contribution in [3.63, 3.8) is 0 Å². The Kier molecular flexibility index (Phi) is 3.86. The summed E-state index contributed by atoms with van der Waals surface area (Å²) in [6.45, 7) is 6.56. The molecular formula is C13H23N3. The maximum Gasteiger partial charge on any atom is 0.124 e. The van der Waals surface area contributed by atoms with Gasteiger partial charge < -0.3 is 5.32 Å². The smallest absolute Gasteiger partial charge is 0.124 e. The molecule has 0 unspecified atom stereocenters. The molecule has 1 aromatic heterocycles. The minimum atomic E-state index is 0.645. The molecule has 1 aliphatic carbocycles. The highest BCUT2D eigenvalue weighted by molar-refractivity contribution is 5.33. The first-order chi connectivity index (χ1) is 7.75. The van der Waals surface area contributed by atoms with Crippen LogP contribution in [0.5, 0.6) is 0 Å². The Morgan fingerprint density at radius 3 is 2.88 bits per heavy atom. The lowest BCUT2D eigenvalue weighted by atomic mass is 10.1. The summed E-state index contributed by atoms with van der Waals surface area (Å²) in [7, 11) is 0. The normalized spacial score (nSPS) is 17.2. The number of anilines is 1. The largest absolute Gasteiger partial charge is 0.370 e. The minimum Gasteiger partial charge on any atom is -0.370 e. The zero-order valence-corrected chi connectivity index (χ0v) is 10.4. The van der Waals surface area contributed by atoms with Gasteiger partial charge in [-0.1, -0.05) is 26.7 Å². The number of nitrogens with one attached hydrogen (secondary N) is 1. The van der Waals surface area contributed by atoms with E-state index in [1.807, 2.05) is 6.20 Å². The van der Waals surface area contributed by atoms with E-state index in [2.05, 4.69) is 35.0 Å². The Morgan fingerprint density at radius 2 is 2.19 bits per heavy atom. The van der Waals surface area contributed by atoms with Gasteiger partial charge in [-0.05, 0) is 24.7 Å². The molecule has 0 atom stereocenters. The predicted molar refractivity (Wildman–Crippen MR) is 67.5 cm³/mol. The highest BCUT2D eigenvalue weighted by Gasteiger charge is 2.15. The van der Waals surface area contributed by atoms with E-state index in [0.717, 1.165) is 19.0 Å².